The highest BCUT2D eigenvalue weighted by Crippen LogP contribution is 2.28. The molecule has 0 aliphatic rings. The third-order valence-electron chi connectivity index (χ3n) is 1.85. The Morgan fingerprint density at radius 1 is 1.44 bits per heavy atom. The standard InChI is InChI=1S/C9H6ClF3O3/c1-16-9(15)8(14)3-2-4(11)5(10)7(13)6(3)12/h2,8,14H,1H3. The monoisotopic (exact) mass is 254 g/mol. The predicted octanol–water partition coefficient (Wildman–Crippen LogP) is 1.96. The van der Waals surface area contributed by atoms with Crippen molar-refractivity contribution in [3.8, 4) is 0 Å². The molecule has 0 heterocycles. The molecule has 1 aromatic rings. The second kappa shape index (κ2) is 4.71. The fraction of sp³-hybridized carbons (Fsp3) is 0.222. The van der Waals surface area contributed by atoms with Gasteiger partial charge in [0.25, 0.3) is 0 Å². The maximum atomic E-state index is 13.2. The molecule has 0 radical (unpaired) electrons. The van der Waals surface area contributed by atoms with Crippen molar-refractivity contribution >= 4 is 17.6 Å². The van der Waals surface area contributed by atoms with Gasteiger partial charge in [-0.25, -0.2) is 18.0 Å². The predicted molar refractivity (Wildman–Crippen MR) is 48.3 cm³/mol. The SMILES string of the molecule is COC(=O)C(O)c1cc(F)c(Cl)c(F)c1F. The van der Waals surface area contributed by atoms with Gasteiger partial charge in [-0.3, -0.25) is 0 Å². The van der Waals surface area contributed by atoms with Crippen LogP contribution in [0.3, 0.4) is 0 Å². The number of benzene rings is 1. The Labute approximate surface area is 93.4 Å². The molecule has 0 saturated carbocycles. The molecule has 0 spiro atoms. The topological polar surface area (TPSA) is 46.5 Å². The summed E-state index contributed by atoms with van der Waals surface area (Å²) < 4.78 is 43.2. The summed E-state index contributed by atoms with van der Waals surface area (Å²) in [5.41, 5.74) is -0.869. The molecule has 0 bridgehead atoms. The number of hydrogen-bond acceptors (Lipinski definition) is 3. The van der Waals surface area contributed by atoms with Crippen molar-refractivity contribution < 1.29 is 27.8 Å². The van der Waals surface area contributed by atoms with E-state index in [1.54, 1.807) is 0 Å². The highest BCUT2D eigenvalue weighted by atomic mass is 35.5. The Bertz CT molecular complexity index is 436. The first-order chi connectivity index (χ1) is 7.40. The zero-order valence-electron chi connectivity index (χ0n) is 7.93. The molecule has 88 valence electrons. The van der Waals surface area contributed by atoms with Gasteiger partial charge in [-0.15, -0.1) is 0 Å². The van der Waals surface area contributed by atoms with Gasteiger partial charge in [0, 0.05) is 5.56 Å². The van der Waals surface area contributed by atoms with Gasteiger partial charge >= 0.3 is 5.97 Å². The molecule has 1 N–H and O–H groups in total. The lowest BCUT2D eigenvalue weighted by atomic mass is 10.1. The Hall–Kier alpha value is -1.27. The molecule has 0 aliphatic heterocycles. The van der Waals surface area contributed by atoms with Crippen LogP contribution < -0.4 is 0 Å². The summed E-state index contributed by atoms with van der Waals surface area (Å²) in [6.45, 7) is 0. The Balaban J connectivity index is 3.30. The highest BCUT2D eigenvalue weighted by molar-refractivity contribution is 6.30. The molecule has 1 atom stereocenters. The summed E-state index contributed by atoms with van der Waals surface area (Å²) in [4.78, 5) is 10.9. The number of carbonyl (C=O) groups excluding carboxylic acids is 1. The Morgan fingerprint density at radius 3 is 2.50 bits per heavy atom. The summed E-state index contributed by atoms with van der Waals surface area (Å²) in [7, 11) is 0.937. The van der Waals surface area contributed by atoms with Crippen LogP contribution >= 0.6 is 11.6 Å². The van der Waals surface area contributed by atoms with Gasteiger partial charge in [-0.05, 0) is 6.07 Å². The van der Waals surface area contributed by atoms with E-state index in [0.29, 0.717) is 6.07 Å². The minimum atomic E-state index is -2.11. The lowest BCUT2D eigenvalue weighted by molar-refractivity contribution is -0.150. The lowest BCUT2D eigenvalue weighted by Crippen LogP contribution is -2.16. The normalized spacial score (nSPS) is 12.4. The quantitative estimate of drug-likeness (QED) is 0.499. The zero-order chi connectivity index (χ0) is 12.5. The highest BCUT2D eigenvalue weighted by Gasteiger charge is 2.26. The number of ether oxygens (including phenoxy) is 1. The largest absolute Gasteiger partial charge is 0.467 e. The van der Waals surface area contributed by atoms with Crippen LogP contribution in [0.15, 0.2) is 6.07 Å². The van der Waals surface area contributed by atoms with Crippen molar-refractivity contribution in [3.05, 3.63) is 34.1 Å². The fourth-order valence-electron chi connectivity index (χ4n) is 1.03. The van der Waals surface area contributed by atoms with Gasteiger partial charge in [-0.2, -0.15) is 0 Å². The van der Waals surface area contributed by atoms with E-state index in [0.717, 1.165) is 7.11 Å². The first-order valence-electron chi connectivity index (χ1n) is 3.99. The van der Waals surface area contributed by atoms with E-state index in [1.807, 2.05) is 0 Å². The third-order valence-corrected chi connectivity index (χ3v) is 2.20. The van der Waals surface area contributed by atoms with Crippen LogP contribution in [0.1, 0.15) is 11.7 Å². The van der Waals surface area contributed by atoms with Gasteiger partial charge in [0.15, 0.2) is 17.7 Å². The second-order valence-corrected chi connectivity index (χ2v) is 3.19. The molecule has 1 aromatic carbocycles. The summed E-state index contributed by atoms with van der Waals surface area (Å²) >= 11 is 5.09. The number of aliphatic hydroxyl groups excluding tert-OH is 1. The van der Waals surface area contributed by atoms with Crippen LogP contribution in [0.4, 0.5) is 13.2 Å². The van der Waals surface area contributed by atoms with Crippen LogP contribution in [0.2, 0.25) is 5.02 Å². The molecule has 0 aromatic heterocycles. The minimum Gasteiger partial charge on any atom is -0.467 e. The number of carbonyl (C=O) groups is 1. The number of esters is 1. The van der Waals surface area contributed by atoms with E-state index >= 15 is 0 Å². The van der Waals surface area contributed by atoms with E-state index in [4.69, 9.17) is 11.6 Å². The third kappa shape index (κ3) is 2.12. The summed E-state index contributed by atoms with van der Waals surface area (Å²) in [6.07, 6.45) is -2.11. The van der Waals surface area contributed by atoms with Crippen molar-refractivity contribution in [2.45, 2.75) is 6.10 Å². The van der Waals surface area contributed by atoms with Crippen molar-refractivity contribution in [2.75, 3.05) is 7.11 Å². The van der Waals surface area contributed by atoms with Gasteiger partial charge in [0.1, 0.15) is 10.8 Å². The van der Waals surface area contributed by atoms with Crippen LogP contribution in [-0.2, 0) is 9.53 Å². The first kappa shape index (κ1) is 12.8. The molecule has 7 heteroatoms. The molecule has 1 rings (SSSR count). The lowest BCUT2D eigenvalue weighted by Gasteiger charge is -2.11. The van der Waals surface area contributed by atoms with Crippen LogP contribution in [0.5, 0.6) is 0 Å². The molecule has 3 nitrogen and oxygen atoms in total. The van der Waals surface area contributed by atoms with Gasteiger partial charge in [0.05, 0.1) is 7.11 Å². The minimum absolute atomic E-state index is 0.433. The zero-order valence-corrected chi connectivity index (χ0v) is 8.69. The van der Waals surface area contributed by atoms with E-state index in [-0.39, 0.29) is 0 Å². The van der Waals surface area contributed by atoms with Gasteiger partial charge in [-0.1, -0.05) is 11.6 Å². The summed E-state index contributed by atoms with van der Waals surface area (Å²) in [5.74, 6) is -5.78. The van der Waals surface area contributed by atoms with E-state index < -0.39 is 40.1 Å². The maximum Gasteiger partial charge on any atom is 0.339 e. The molecular weight excluding hydrogens is 249 g/mol. The molecule has 1 unspecified atom stereocenters. The Kier molecular flexibility index (Phi) is 3.77. The fourth-order valence-corrected chi connectivity index (χ4v) is 1.17. The average Bonchev–Trinajstić information content (AvgIpc) is 2.29. The van der Waals surface area contributed by atoms with Crippen molar-refractivity contribution in [3.63, 3.8) is 0 Å². The van der Waals surface area contributed by atoms with E-state index in [9.17, 15) is 23.1 Å². The summed E-state index contributed by atoms with van der Waals surface area (Å²) in [6, 6.07) is 0.433. The van der Waals surface area contributed by atoms with Crippen molar-refractivity contribution in [1.29, 1.82) is 0 Å². The number of hydrogen-bond donors (Lipinski definition) is 1. The van der Waals surface area contributed by atoms with Crippen LogP contribution in [0.25, 0.3) is 0 Å². The van der Waals surface area contributed by atoms with Gasteiger partial charge in [0.2, 0.25) is 0 Å². The van der Waals surface area contributed by atoms with Crippen LogP contribution in [0, 0.1) is 17.5 Å². The van der Waals surface area contributed by atoms with Crippen molar-refractivity contribution in [1.82, 2.24) is 0 Å². The average molecular weight is 255 g/mol. The number of halogens is 4. The molecule has 16 heavy (non-hydrogen) atoms. The molecular formula is C9H6ClF3O3. The number of methoxy groups -OCH3 is 1. The van der Waals surface area contributed by atoms with Crippen LogP contribution in [-0.4, -0.2) is 18.2 Å². The number of rotatable bonds is 2. The number of aliphatic hydroxyl groups is 1. The second-order valence-electron chi connectivity index (χ2n) is 2.82. The molecule has 0 saturated heterocycles. The first-order valence-corrected chi connectivity index (χ1v) is 4.36. The summed E-state index contributed by atoms with van der Waals surface area (Å²) in [5, 5.41) is 8.18. The Morgan fingerprint density at radius 2 is 2.00 bits per heavy atom. The molecule has 0 fully saturated rings. The molecule has 0 amide bonds. The molecule has 0 aliphatic carbocycles. The van der Waals surface area contributed by atoms with E-state index in [2.05, 4.69) is 4.74 Å². The van der Waals surface area contributed by atoms with E-state index in [1.165, 1.54) is 0 Å². The van der Waals surface area contributed by atoms with Gasteiger partial charge < -0.3 is 9.84 Å². The van der Waals surface area contributed by atoms with Crippen molar-refractivity contribution in [2.24, 2.45) is 0 Å². The smallest absolute Gasteiger partial charge is 0.339 e. The maximum absolute atomic E-state index is 13.2.